The predicted molar refractivity (Wildman–Crippen MR) is 80.6 cm³/mol. The summed E-state index contributed by atoms with van der Waals surface area (Å²) < 4.78 is 15.4. The third-order valence-corrected chi connectivity index (χ3v) is 3.48. The molecule has 0 bridgehead atoms. The minimum absolute atomic E-state index is 0.249. The summed E-state index contributed by atoms with van der Waals surface area (Å²) in [6, 6.07) is 16.2. The summed E-state index contributed by atoms with van der Waals surface area (Å²) in [5.74, 6) is -0.397. The van der Waals surface area contributed by atoms with Crippen LogP contribution in [0.3, 0.4) is 0 Å². The van der Waals surface area contributed by atoms with Crippen LogP contribution in [-0.2, 0) is 12.8 Å². The van der Waals surface area contributed by atoms with E-state index in [9.17, 15) is 9.18 Å². The first kappa shape index (κ1) is 14.1. The highest BCUT2D eigenvalue weighted by Gasteiger charge is 2.15. The molecule has 22 heavy (non-hydrogen) atoms. The lowest BCUT2D eigenvalue weighted by Gasteiger charge is -2.08. The molecule has 110 valence electrons. The van der Waals surface area contributed by atoms with Gasteiger partial charge in [-0.3, -0.25) is 4.79 Å². The lowest BCUT2D eigenvalue weighted by atomic mass is 10.1. The molecular formula is C17H14FN3O. The van der Waals surface area contributed by atoms with E-state index in [4.69, 9.17) is 0 Å². The van der Waals surface area contributed by atoms with Gasteiger partial charge in [0, 0.05) is 0 Å². The Hall–Kier alpha value is -2.82. The molecule has 1 aromatic heterocycles. The predicted octanol–water partition coefficient (Wildman–Crippen LogP) is 3.00. The smallest absolute Gasteiger partial charge is 0.172 e. The van der Waals surface area contributed by atoms with Crippen LogP contribution < -0.4 is 0 Å². The molecule has 0 unspecified atom stereocenters. The van der Waals surface area contributed by atoms with Crippen molar-refractivity contribution in [1.82, 2.24) is 15.0 Å². The number of hydrogen-bond donors (Lipinski definition) is 0. The van der Waals surface area contributed by atoms with Crippen LogP contribution in [0, 0.1) is 5.82 Å². The van der Waals surface area contributed by atoms with E-state index in [2.05, 4.69) is 10.3 Å². The first-order chi connectivity index (χ1) is 10.8. The standard InChI is InChI=1S/C17H14FN3O/c18-14-8-4-5-9-16(14)21-17(15(12-22)19-20-21)11-10-13-6-2-1-3-7-13/h1-9,12H,10-11H2. The van der Waals surface area contributed by atoms with Crippen molar-refractivity contribution >= 4 is 6.29 Å². The Labute approximate surface area is 127 Å². The Balaban J connectivity index is 1.94. The van der Waals surface area contributed by atoms with Crippen LogP contribution in [0.5, 0.6) is 0 Å². The first-order valence-corrected chi connectivity index (χ1v) is 6.98. The number of hydrogen-bond acceptors (Lipinski definition) is 3. The number of halogens is 1. The third-order valence-electron chi connectivity index (χ3n) is 3.48. The van der Waals surface area contributed by atoms with Crippen molar-refractivity contribution < 1.29 is 9.18 Å². The molecule has 0 aliphatic rings. The molecule has 4 nitrogen and oxygen atoms in total. The van der Waals surface area contributed by atoms with Gasteiger partial charge in [-0.1, -0.05) is 47.7 Å². The van der Waals surface area contributed by atoms with Crippen LogP contribution in [0.1, 0.15) is 21.7 Å². The van der Waals surface area contributed by atoms with E-state index < -0.39 is 5.82 Å². The van der Waals surface area contributed by atoms with Gasteiger partial charge >= 0.3 is 0 Å². The van der Waals surface area contributed by atoms with Crippen LogP contribution >= 0.6 is 0 Å². The molecule has 0 aliphatic carbocycles. The molecule has 0 spiro atoms. The number of aldehydes is 1. The van der Waals surface area contributed by atoms with Gasteiger partial charge in [0.1, 0.15) is 17.2 Å². The van der Waals surface area contributed by atoms with E-state index >= 15 is 0 Å². The van der Waals surface area contributed by atoms with Crippen molar-refractivity contribution in [1.29, 1.82) is 0 Å². The maximum Gasteiger partial charge on any atom is 0.172 e. The Morgan fingerprint density at radius 2 is 1.73 bits per heavy atom. The van der Waals surface area contributed by atoms with E-state index in [1.54, 1.807) is 18.2 Å². The van der Waals surface area contributed by atoms with Crippen molar-refractivity contribution in [3.05, 3.63) is 77.4 Å². The van der Waals surface area contributed by atoms with Gasteiger partial charge in [-0.25, -0.2) is 9.07 Å². The van der Waals surface area contributed by atoms with E-state index in [1.807, 2.05) is 30.3 Å². The lowest BCUT2D eigenvalue weighted by Crippen LogP contribution is -2.07. The highest BCUT2D eigenvalue weighted by atomic mass is 19.1. The molecule has 3 aromatic rings. The fraction of sp³-hybridized carbons (Fsp3) is 0.118. The van der Waals surface area contributed by atoms with Crippen LogP contribution in [0.4, 0.5) is 4.39 Å². The highest BCUT2D eigenvalue weighted by molar-refractivity contribution is 5.73. The minimum atomic E-state index is -0.397. The second-order valence-electron chi connectivity index (χ2n) is 4.89. The number of aryl methyl sites for hydroxylation is 1. The summed E-state index contributed by atoms with van der Waals surface area (Å²) in [4.78, 5) is 11.2. The fourth-order valence-electron chi connectivity index (χ4n) is 2.36. The SMILES string of the molecule is O=Cc1nnn(-c2ccccc2F)c1CCc1ccccc1. The van der Waals surface area contributed by atoms with E-state index in [0.717, 1.165) is 12.0 Å². The quantitative estimate of drug-likeness (QED) is 0.680. The first-order valence-electron chi connectivity index (χ1n) is 6.98. The monoisotopic (exact) mass is 295 g/mol. The van der Waals surface area contributed by atoms with E-state index in [0.29, 0.717) is 24.1 Å². The number of para-hydroxylation sites is 1. The summed E-state index contributed by atoms with van der Waals surface area (Å²) in [5, 5.41) is 7.77. The molecule has 3 rings (SSSR count). The molecule has 0 saturated carbocycles. The maximum atomic E-state index is 14.0. The number of nitrogens with zero attached hydrogens (tertiary/aromatic N) is 3. The zero-order valence-electron chi connectivity index (χ0n) is 11.8. The van der Waals surface area contributed by atoms with E-state index in [1.165, 1.54) is 10.7 Å². The van der Waals surface area contributed by atoms with Crippen molar-refractivity contribution in [2.75, 3.05) is 0 Å². The molecule has 2 aromatic carbocycles. The van der Waals surface area contributed by atoms with Crippen molar-refractivity contribution in [2.45, 2.75) is 12.8 Å². The summed E-state index contributed by atoms with van der Waals surface area (Å²) in [7, 11) is 0. The molecule has 0 radical (unpaired) electrons. The maximum absolute atomic E-state index is 14.0. The Bertz CT molecular complexity index is 784. The molecule has 0 aliphatic heterocycles. The summed E-state index contributed by atoms with van der Waals surface area (Å²) >= 11 is 0. The van der Waals surface area contributed by atoms with Gasteiger partial charge in [0.25, 0.3) is 0 Å². The number of carbonyl (C=O) groups is 1. The topological polar surface area (TPSA) is 47.8 Å². The van der Waals surface area contributed by atoms with Gasteiger partial charge in [0.2, 0.25) is 0 Å². The van der Waals surface area contributed by atoms with E-state index in [-0.39, 0.29) is 5.69 Å². The lowest BCUT2D eigenvalue weighted by molar-refractivity contribution is 0.111. The molecule has 0 saturated heterocycles. The Kier molecular flexibility index (Phi) is 4.05. The van der Waals surface area contributed by atoms with Crippen molar-refractivity contribution in [2.24, 2.45) is 0 Å². The van der Waals surface area contributed by atoms with Gasteiger partial charge in [0.05, 0.1) is 5.69 Å². The van der Waals surface area contributed by atoms with Crippen molar-refractivity contribution in [3.8, 4) is 5.69 Å². The van der Waals surface area contributed by atoms with Crippen LogP contribution in [-0.4, -0.2) is 21.3 Å². The average Bonchev–Trinajstić information content (AvgIpc) is 2.97. The molecule has 0 N–H and O–H groups in total. The average molecular weight is 295 g/mol. The number of rotatable bonds is 5. The second-order valence-corrected chi connectivity index (χ2v) is 4.89. The zero-order valence-corrected chi connectivity index (χ0v) is 11.8. The van der Waals surface area contributed by atoms with Crippen LogP contribution in [0.15, 0.2) is 54.6 Å². The van der Waals surface area contributed by atoms with Gasteiger partial charge in [-0.15, -0.1) is 5.10 Å². The largest absolute Gasteiger partial charge is 0.296 e. The summed E-state index contributed by atoms with van der Waals surface area (Å²) in [6.07, 6.45) is 1.94. The number of aromatic nitrogens is 3. The van der Waals surface area contributed by atoms with Crippen LogP contribution in [0.25, 0.3) is 5.69 Å². The molecule has 0 fully saturated rings. The van der Waals surface area contributed by atoms with Gasteiger partial charge < -0.3 is 0 Å². The number of carbonyl (C=O) groups excluding carboxylic acids is 1. The Morgan fingerprint density at radius 1 is 1.00 bits per heavy atom. The van der Waals surface area contributed by atoms with Gasteiger partial charge in [-0.05, 0) is 30.5 Å². The summed E-state index contributed by atoms with van der Waals surface area (Å²) in [5.41, 5.74) is 2.30. The normalized spacial score (nSPS) is 10.6. The zero-order chi connectivity index (χ0) is 15.4. The summed E-state index contributed by atoms with van der Waals surface area (Å²) in [6.45, 7) is 0. The van der Waals surface area contributed by atoms with Gasteiger partial charge in [0.15, 0.2) is 6.29 Å². The molecule has 5 heteroatoms. The number of benzene rings is 2. The molecule has 0 amide bonds. The highest BCUT2D eigenvalue weighted by Crippen LogP contribution is 2.17. The minimum Gasteiger partial charge on any atom is -0.296 e. The molecule has 1 heterocycles. The van der Waals surface area contributed by atoms with Crippen molar-refractivity contribution in [3.63, 3.8) is 0 Å². The molecule has 0 atom stereocenters. The second kappa shape index (κ2) is 6.30. The van der Waals surface area contributed by atoms with Gasteiger partial charge in [-0.2, -0.15) is 0 Å². The third kappa shape index (κ3) is 2.79. The van der Waals surface area contributed by atoms with Crippen LogP contribution in [0.2, 0.25) is 0 Å². The fourth-order valence-corrected chi connectivity index (χ4v) is 2.36. The Morgan fingerprint density at radius 3 is 2.45 bits per heavy atom. The molecular weight excluding hydrogens is 281 g/mol.